The standard InChI is InChI=1S/C26H35NO6S/c1-4-6-25(28)26(17-24-7-5-16-33-24)34(29,30)27(18-20-8-12-22(31-2)13-9-20)19-21-10-14-23(32-3)15-11-21/h4,8-15,24-26,28H,1,5-7,16-19H2,2-3H3/t24?,25-,26+/m1/s1. The Morgan fingerprint density at radius 2 is 1.59 bits per heavy atom. The second-order valence-electron chi connectivity index (χ2n) is 8.51. The van der Waals surface area contributed by atoms with Crippen LogP contribution < -0.4 is 9.47 Å². The van der Waals surface area contributed by atoms with Crippen molar-refractivity contribution >= 4 is 10.0 Å². The summed E-state index contributed by atoms with van der Waals surface area (Å²) in [6.07, 6.45) is 2.44. The third kappa shape index (κ3) is 6.82. The molecule has 0 amide bonds. The van der Waals surface area contributed by atoms with Crippen LogP contribution in [-0.2, 0) is 27.8 Å². The number of hydrogen-bond donors (Lipinski definition) is 1. The van der Waals surface area contributed by atoms with E-state index in [9.17, 15) is 13.5 Å². The van der Waals surface area contributed by atoms with Crippen LogP contribution in [0.5, 0.6) is 11.5 Å². The summed E-state index contributed by atoms with van der Waals surface area (Å²) in [5.41, 5.74) is 1.65. The van der Waals surface area contributed by atoms with E-state index < -0.39 is 21.4 Å². The maximum absolute atomic E-state index is 14.0. The molecule has 1 unspecified atom stereocenters. The minimum Gasteiger partial charge on any atom is -0.497 e. The third-order valence-corrected chi connectivity index (χ3v) is 8.38. The molecule has 0 saturated carbocycles. The lowest BCUT2D eigenvalue weighted by atomic mass is 10.1. The summed E-state index contributed by atoms with van der Waals surface area (Å²) in [4.78, 5) is 0. The summed E-state index contributed by atoms with van der Waals surface area (Å²) in [7, 11) is -0.728. The first-order valence-electron chi connectivity index (χ1n) is 11.5. The van der Waals surface area contributed by atoms with Gasteiger partial charge in [0.1, 0.15) is 16.7 Å². The zero-order valence-electron chi connectivity index (χ0n) is 19.9. The van der Waals surface area contributed by atoms with E-state index in [2.05, 4.69) is 6.58 Å². The Kier molecular flexibility index (Phi) is 9.53. The molecule has 1 heterocycles. The number of sulfonamides is 1. The molecule has 0 radical (unpaired) electrons. The predicted molar refractivity (Wildman–Crippen MR) is 132 cm³/mol. The molecule has 186 valence electrons. The smallest absolute Gasteiger partial charge is 0.220 e. The van der Waals surface area contributed by atoms with E-state index in [4.69, 9.17) is 14.2 Å². The molecular weight excluding hydrogens is 454 g/mol. The molecule has 3 atom stereocenters. The van der Waals surface area contributed by atoms with Crippen molar-refractivity contribution in [2.75, 3.05) is 20.8 Å². The fourth-order valence-corrected chi connectivity index (χ4v) is 6.19. The number of aliphatic hydroxyl groups is 1. The summed E-state index contributed by atoms with van der Waals surface area (Å²) >= 11 is 0. The number of rotatable bonds is 13. The lowest BCUT2D eigenvalue weighted by Crippen LogP contribution is -2.45. The average Bonchev–Trinajstić information content (AvgIpc) is 3.36. The molecule has 0 bridgehead atoms. The van der Waals surface area contributed by atoms with Crippen LogP contribution in [0.2, 0.25) is 0 Å². The molecule has 2 aromatic carbocycles. The van der Waals surface area contributed by atoms with Gasteiger partial charge < -0.3 is 19.3 Å². The van der Waals surface area contributed by atoms with Gasteiger partial charge in [0.25, 0.3) is 0 Å². The van der Waals surface area contributed by atoms with Crippen LogP contribution in [0.25, 0.3) is 0 Å². The predicted octanol–water partition coefficient (Wildman–Crippen LogP) is 3.91. The number of aliphatic hydroxyl groups excluding tert-OH is 1. The largest absolute Gasteiger partial charge is 0.497 e. The van der Waals surface area contributed by atoms with Gasteiger partial charge >= 0.3 is 0 Å². The Hall–Kier alpha value is -2.39. The Balaban J connectivity index is 1.93. The molecule has 0 aliphatic carbocycles. The first-order chi connectivity index (χ1) is 16.4. The number of benzene rings is 2. The minimum atomic E-state index is -3.91. The van der Waals surface area contributed by atoms with E-state index in [0.29, 0.717) is 18.1 Å². The van der Waals surface area contributed by atoms with Crippen LogP contribution in [0, 0.1) is 0 Å². The molecule has 1 N–H and O–H groups in total. The van der Waals surface area contributed by atoms with Gasteiger partial charge in [-0.3, -0.25) is 0 Å². The van der Waals surface area contributed by atoms with Crippen molar-refractivity contribution in [3.63, 3.8) is 0 Å². The monoisotopic (exact) mass is 489 g/mol. The highest BCUT2D eigenvalue weighted by Gasteiger charge is 2.39. The molecule has 1 aliphatic heterocycles. The Morgan fingerprint density at radius 3 is 2.00 bits per heavy atom. The maximum atomic E-state index is 14.0. The summed E-state index contributed by atoms with van der Waals surface area (Å²) in [6.45, 7) is 4.64. The summed E-state index contributed by atoms with van der Waals surface area (Å²) in [5.74, 6) is 1.40. The fourth-order valence-electron chi connectivity index (χ4n) is 4.19. The van der Waals surface area contributed by atoms with E-state index in [1.807, 2.05) is 48.5 Å². The van der Waals surface area contributed by atoms with Crippen LogP contribution in [-0.4, -0.2) is 56.1 Å². The summed E-state index contributed by atoms with van der Waals surface area (Å²) in [5, 5.41) is 9.86. The normalized spacial score (nSPS) is 17.9. The van der Waals surface area contributed by atoms with Crippen LogP contribution >= 0.6 is 0 Å². The van der Waals surface area contributed by atoms with Crippen molar-refractivity contribution in [1.29, 1.82) is 0 Å². The van der Waals surface area contributed by atoms with E-state index in [1.54, 1.807) is 20.3 Å². The van der Waals surface area contributed by atoms with Gasteiger partial charge in [0.15, 0.2) is 0 Å². The number of ether oxygens (including phenoxy) is 3. The van der Waals surface area contributed by atoms with Crippen molar-refractivity contribution in [2.45, 2.75) is 56.2 Å². The fraction of sp³-hybridized carbons (Fsp3) is 0.462. The van der Waals surface area contributed by atoms with Crippen molar-refractivity contribution in [3.05, 3.63) is 72.3 Å². The zero-order valence-corrected chi connectivity index (χ0v) is 20.7. The van der Waals surface area contributed by atoms with E-state index in [-0.39, 0.29) is 32.0 Å². The van der Waals surface area contributed by atoms with Crippen LogP contribution in [0.1, 0.15) is 36.8 Å². The zero-order chi connectivity index (χ0) is 24.6. The van der Waals surface area contributed by atoms with E-state index in [1.165, 1.54) is 4.31 Å². The highest BCUT2D eigenvalue weighted by atomic mass is 32.2. The van der Waals surface area contributed by atoms with Gasteiger partial charge in [-0.25, -0.2) is 8.42 Å². The second-order valence-corrected chi connectivity index (χ2v) is 10.7. The van der Waals surface area contributed by atoms with Gasteiger partial charge in [-0.2, -0.15) is 4.31 Å². The molecule has 7 nitrogen and oxygen atoms in total. The second kappa shape index (κ2) is 12.4. The van der Waals surface area contributed by atoms with E-state index >= 15 is 0 Å². The van der Waals surface area contributed by atoms with Crippen LogP contribution in [0.4, 0.5) is 0 Å². The molecule has 1 aliphatic rings. The molecule has 0 aromatic heterocycles. The highest BCUT2D eigenvalue weighted by molar-refractivity contribution is 7.89. The van der Waals surface area contributed by atoms with E-state index in [0.717, 1.165) is 24.0 Å². The number of nitrogens with zero attached hydrogens (tertiary/aromatic N) is 1. The molecular formula is C26H35NO6S. The Bertz CT molecular complexity index is 951. The van der Waals surface area contributed by atoms with Crippen molar-refractivity contribution in [2.24, 2.45) is 0 Å². The molecule has 2 aromatic rings. The Morgan fingerprint density at radius 1 is 1.06 bits per heavy atom. The quantitative estimate of drug-likeness (QED) is 0.430. The van der Waals surface area contributed by atoms with Crippen molar-refractivity contribution < 1.29 is 27.7 Å². The summed E-state index contributed by atoms with van der Waals surface area (Å²) in [6, 6.07) is 14.6. The molecule has 3 rings (SSSR count). The Labute approximate surface area is 203 Å². The van der Waals surface area contributed by atoms with Gasteiger partial charge in [0.05, 0.1) is 26.4 Å². The SMILES string of the molecule is C=CC[C@@H](O)[C@H](CC1CCCO1)S(=O)(=O)N(Cc1ccc(OC)cc1)Cc1ccc(OC)cc1. The first kappa shape index (κ1) is 26.2. The van der Waals surface area contributed by atoms with Gasteiger partial charge in [0.2, 0.25) is 10.0 Å². The molecule has 34 heavy (non-hydrogen) atoms. The molecule has 8 heteroatoms. The number of hydrogen-bond acceptors (Lipinski definition) is 6. The number of methoxy groups -OCH3 is 2. The van der Waals surface area contributed by atoms with Gasteiger partial charge in [0, 0.05) is 19.7 Å². The molecule has 1 saturated heterocycles. The first-order valence-corrected chi connectivity index (χ1v) is 13.0. The van der Waals surface area contributed by atoms with Crippen molar-refractivity contribution in [3.8, 4) is 11.5 Å². The lowest BCUT2D eigenvalue weighted by Gasteiger charge is -2.31. The maximum Gasteiger partial charge on any atom is 0.220 e. The van der Waals surface area contributed by atoms with Gasteiger partial charge in [-0.05, 0) is 61.1 Å². The van der Waals surface area contributed by atoms with Crippen LogP contribution in [0.15, 0.2) is 61.2 Å². The molecule has 0 spiro atoms. The third-order valence-electron chi connectivity index (χ3n) is 6.13. The van der Waals surface area contributed by atoms with Crippen LogP contribution in [0.3, 0.4) is 0 Å². The average molecular weight is 490 g/mol. The topological polar surface area (TPSA) is 85.3 Å². The van der Waals surface area contributed by atoms with Gasteiger partial charge in [-0.1, -0.05) is 30.3 Å². The minimum absolute atomic E-state index is 0.168. The summed E-state index contributed by atoms with van der Waals surface area (Å²) < 4.78 is 45.7. The molecule has 1 fully saturated rings. The van der Waals surface area contributed by atoms with Crippen molar-refractivity contribution in [1.82, 2.24) is 4.31 Å². The highest BCUT2D eigenvalue weighted by Crippen LogP contribution is 2.28. The van der Waals surface area contributed by atoms with Gasteiger partial charge in [-0.15, -0.1) is 6.58 Å². The lowest BCUT2D eigenvalue weighted by molar-refractivity contribution is 0.0824.